The van der Waals surface area contributed by atoms with Crippen LogP contribution in [-0.2, 0) is 0 Å². The van der Waals surface area contributed by atoms with Crippen molar-refractivity contribution in [3.63, 3.8) is 0 Å². The molecule has 0 unspecified atom stereocenters. The number of nitrogens with zero attached hydrogens (tertiary/aromatic N) is 2. The lowest BCUT2D eigenvalue weighted by Gasteiger charge is -2.11. The van der Waals surface area contributed by atoms with Crippen LogP contribution in [0.5, 0.6) is 0 Å². The van der Waals surface area contributed by atoms with E-state index in [1.807, 2.05) is 60.1 Å². The van der Waals surface area contributed by atoms with E-state index >= 15 is 0 Å². The molecule has 5 nitrogen and oxygen atoms in total. The molecule has 0 radical (unpaired) electrons. The molecule has 2 heterocycles. The maximum Gasteiger partial charge on any atom is 0.323 e. The average Bonchev–Trinajstić information content (AvgIpc) is 3.09. The van der Waals surface area contributed by atoms with Crippen molar-refractivity contribution >= 4 is 34.7 Å². The van der Waals surface area contributed by atoms with E-state index in [-0.39, 0.29) is 6.03 Å². The summed E-state index contributed by atoms with van der Waals surface area (Å²) in [6, 6.07) is 18.2. The van der Waals surface area contributed by atoms with E-state index in [2.05, 4.69) is 10.6 Å². The molecule has 4 rings (SSSR count). The first-order valence-electron chi connectivity index (χ1n) is 8.47. The number of para-hydroxylation sites is 1. The number of benzene rings is 2. The molecule has 2 N–H and O–H groups in total. The van der Waals surface area contributed by atoms with Gasteiger partial charge in [0.05, 0.1) is 11.4 Å². The van der Waals surface area contributed by atoms with Gasteiger partial charge in [-0.2, -0.15) is 0 Å². The van der Waals surface area contributed by atoms with Crippen LogP contribution >= 0.6 is 11.6 Å². The van der Waals surface area contributed by atoms with Crippen LogP contribution in [-0.4, -0.2) is 15.4 Å². The quantitative estimate of drug-likeness (QED) is 0.488. The fraction of sp³-hybridized carbons (Fsp3) is 0.0476. The minimum atomic E-state index is -0.329. The van der Waals surface area contributed by atoms with E-state index < -0.39 is 0 Å². The summed E-state index contributed by atoms with van der Waals surface area (Å²) >= 11 is 5.87. The second-order valence-corrected chi connectivity index (χ2v) is 6.62. The van der Waals surface area contributed by atoms with Gasteiger partial charge in [0.2, 0.25) is 0 Å². The third kappa shape index (κ3) is 3.64. The van der Waals surface area contributed by atoms with Crippen LogP contribution in [0.2, 0.25) is 5.02 Å². The number of amides is 2. The number of hydrogen-bond donors (Lipinski definition) is 2. The monoisotopic (exact) mass is 376 g/mol. The van der Waals surface area contributed by atoms with Crippen molar-refractivity contribution in [2.45, 2.75) is 6.92 Å². The van der Waals surface area contributed by atoms with Gasteiger partial charge in [0.15, 0.2) is 0 Å². The van der Waals surface area contributed by atoms with Gasteiger partial charge in [0.1, 0.15) is 5.65 Å². The number of pyridine rings is 1. The predicted molar refractivity (Wildman–Crippen MR) is 109 cm³/mol. The molecular formula is C21H17ClN4O. The van der Waals surface area contributed by atoms with Crippen molar-refractivity contribution < 1.29 is 4.79 Å². The van der Waals surface area contributed by atoms with Gasteiger partial charge in [-0.05, 0) is 48.9 Å². The molecule has 2 amide bonds. The number of rotatable bonds is 3. The third-order valence-corrected chi connectivity index (χ3v) is 4.48. The summed E-state index contributed by atoms with van der Waals surface area (Å²) in [6.45, 7) is 2.02. The zero-order valence-electron chi connectivity index (χ0n) is 14.6. The second-order valence-electron chi connectivity index (χ2n) is 6.18. The number of halogens is 1. The Morgan fingerprint density at radius 3 is 2.56 bits per heavy atom. The second kappa shape index (κ2) is 7.13. The SMILES string of the molecule is Cc1cccn2cc(-c3ccccc3NC(=O)Nc3ccc(Cl)cc3)nc12. The Hall–Kier alpha value is -3.31. The number of hydrogen-bond acceptors (Lipinski definition) is 2. The van der Waals surface area contributed by atoms with Crippen molar-refractivity contribution in [1.29, 1.82) is 0 Å². The van der Waals surface area contributed by atoms with Crippen molar-refractivity contribution in [3.05, 3.63) is 83.6 Å². The Kier molecular flexibility index (Phi) is 4.52. The van der Waals surface area contributed by atoms with Gasteiger partial charge in [-0.25, -0.2) is 9.78 Å². The minimum Gasteiger partial charge on any atom is -0.308 e. The number of aryl methyl sites for hydroxylation is 1. The molecule has 0 spiro atoms. The molecular weight excluding hydrogens is 360 g/mol. The van der Waals surface area contributed by atoms with Gasteiger partial charge < -0.3 is 15.0 Å². The summed E-state index contributed by atoms with van der Waals surface area (Å²) in [4.78, 5) is 17.1. The van der Waals surface area contributed by atoms with E-state index in [1.165, 1.54) is 0 Å². The van der Waals surface area contributed by atoms with Crippen LogP contribution in [0.1, 0.15) is 5.56 Å². The number of carbonyl (C=O) groups is 1. The van der Waals surface area contributed by atoms with E-state index in [9.17, 15) is 4.79 Å². The molecule has 0 aliphatic rings. The summed E-state index contributed by atoms with van der Waals surface area (Å²) in [6.07, 6.45) is 3.92. The molecule has 0 saturated carbocycles. The molecule has 4 aromatic rings. The van der Waals surface area contributed by atoms with Gasteiger partial charge >= 0.3 is 6.03 Å². The zero-order valence-corrected chi connectivity index (χ0v) is 15.4. The Morgan fingerprint density at radius 2 is 1.78 bits per heavy atom. The lowest BCUT2D eigenvalue weighted by molar-refractivity contribution is 0.262. The average molecular weight is 377 g/mol. The number of nitrogens with one attached hydrogen (secondary N) is 2. The van der Waals surface area contributed by atoms with E-state index in [1.54, 1.807) is 24.3 Å². The maximum absolute atomic E-state index is 12.4. The van der Waals surface area contributed by atoms with E-state index in [4.69, 9.17) is 16.6 Å². The Morgan fingerprint density at radius 1 is 1.00 bits per heavy atom. The van der Waals surface area contributed by atoms with Crippen molar-refractivity contribution in [3.8, 4) is 11.3 Å². The highest BCUT2D eigenvalue weighted by Crippen LogP contribution is 2.28. The van der Waals surface area contributed by atoms with E-state index in [0.29, 0.717) is 16.4 Å². The minimum absolute atomic E-state index is 0.329. The molecule has 2 aromatic heterocycles. The van der Waals surface area contributed by atoms with Gasteiger partial charge in [-0.3, -0.25) is 0 Å². The first-order chi connectivity index (χ1) is 13.1. The molecule has 2 aromatic carbocycles. The summed E-state index contributed by atoms with van der Waals surface area (Å²) < 4.78 is 1.98. The van der Waals surface area contributed by atoms with Gasteiger partial charge in [-0.15, -0.1) is 0 Å². The molecule has 134 valence electrons. The van der Waals surface area contributed by atoms with Gasteiger partial charge in [0, 0.05) is 28.7 Å². The smallest absolute Gasteiger partial charge is 0.308 e. The summed E-state index contributed by atoms with van der Waals surface area (Å²) in [5.41, 5.74) is 4.99. The third-order valence-electron chi connectivity index (χ3n) is 4.23. The number of anilines is 2. The topological polar surface area (TPSA) is 58.4 Å². The van der Waals surface area contributed by atoms with Gasteiger partial charge in [0.25, 0.3) is 0 Å². The van der Waals surface area contributed by atoms with Crippen LogP contribution in [0.4, 0.5) is 16.2 Å². The van der Waals surface area contributed by atoms with Crippen molar-refractivity contribution in [2.24, 2.45) is 0 Å². The fourth-order valence-electron chi connectivity index (χ4n) is 2.92. The van der Waals surface area contributed by atoms with E-state index in [0.717, 1.165) is 22.5 Å². The molecule has 0 bridgehead atoms. The van der Waals surface area contributed by atoms with Gasteiger partial charge in [-0.1, -0.05) is 35.9 Å². The fourth-order valence-corrected chi connectivity index (χ4v) is 3.04. The molecule has 0 aliphatic heterocycles. The largest absolute Gasteiger partial charge is 0.323 e. The van der Waals surface area contributed by atoms with Crippen LogP contribution in [0, 0.1) is 6.92 Å². The standard InChI is InChI=1S/C21H17ClN4O/c1-14-5-4-12-26-13-19(24-20(14)26)17-6-2-3-7-18(17)25-21(27)23-16-10-8-15(22)9-11-16/h2-13H,1H3,(H2,23,25,27). The highest BCUT2D eigenvalue weighted by molar-refractivity contribution is 6.30. The highest BCUT2D eigenvalue weighted by atomic mass is 35.5. The highest BCUT2D eigenvalue weighted by Gasteiger charge is 2.12. The zero-order chi connectivity index (χ0) is 18.8. The molecule has 0 saturated heterocycles. The summed E-state index contributed by atoms with van der Waals surface area (Å²) in [7, 11) is 0. The number of urea groups is 1. The molecule has 27 heavy (non-hydrogen) atoms. The lowest BCUT2D eigenvalue weighted by atomic mass is 10.1. The number of imidazole rings is 1. The van der Waals surface area contributed by atoms with Crippen molar-refractivity contribution in [1.82, 2.24) is 9.38 Å². The Labute approximate surface area is 161 Å². The van der Waals surface area contributed by atoms with Crippen LogP contribution in [0.15, 0.2) is 73.1 Å². The first-order valence-corrected chi connectivity index (χ1v) is 8.85. The Bertz CT molecular complexity index is 1120. The Balaban J connectivity index is 1.61. The normalized spacial score (nSPS) is 10.7. The van der Waals surface area contributed by atoms with Crippen LogP contribution in [0.3, 0.4) is 0 Å². The molecule has 0 atom stereocenters. The van der Waals surface area contributed by atoms with Crippen LogP contribution in [0.25, 0.3) is 16.9 Å². The summed E-state index contributed by atoms with van der Waals surface area (Å²) in [5.74, 6) is 0. The number of fused-ring (bicyclic) bond motifs is 1. The molecule has 0 fully saturated rings. The predicted octanol–water partition coefficient (Wildman–Crippen LogP) is 5.61. The number of carbonyl (C=O) groups excluding carboxylic acids is 1. The molecule has 0 aliphatic carbocycles. The molecule has 6 heteroatoms. The maximum atomic E-state index is 12.4. The summed E-state index contributed by atoms with van der Waals surface area (Å²) in [5, 5.41) is 6.32. The first kappa shape index (κ1) is 17.1. The lowest BCUT2D eigenvalue weighted by Crippen LogP contribution is -2.19. The number of aromatic nitrogens is 2. The van der Waals surface area contributed by atoms with Crippen molar-refractivity contribution in [2.75, 3.05) is 10.6 Å². The van der Waals surface area contributed by atoms with Crippen LogP contribution < -0.4 is 10.6 Å².